The summed E-state index contributed by atoms with van der Waals surface area (Å²) in [6.07, 6.45) is 6.46. The quantitative estimate of drug-likeness (QED) is 0.657. The van der Waals surface area contributed by atoms with Crippen LogP contribution in [0.2, 0.25) is 5.02 Å². The van der Waals surface area contributed by atoms with E-state index in [0.29, 0.717) is 22.8 Å². The summed E-state index contributed by atoms with van der Waals surface area (Å²) < 4.78 is 27.8. The predicted octanol–water partition coefficient (Wildman–Crippen LogP) is 4.46. The van der Waals surface area contributed by atoms with Crippen molar-refractivity contribution < 1.29 is 13.2 Å². The molecule has 0 radical (unpaired) electrons. The van der Waals surface area contributed by atoms with Crippen LogP contribution in [0.3, 0.4) is 0 Å². The van der Waals surface area contributed by atoms with Gasteiger partial charge in [0.1, 0.15) is 6.54 Å². The van der Waals surface area contributed by atoms with E-state index < -0.39 is 10.0 Å². The Morgan fingerprint density at radius 2 is 1.86 bits per heavy atom. The summed E-state index contributed by atoms with van der Waals surface area (Å²) in [5, 5.41) is 3.31. The maximum absolute atomic E-state index is 13.3. The van der Waals surface area contributed by atoms with Gasteiger partial charge in [-0.3, -0.25) is 9.10 Å². The van der Waals surface area contributed by atoms with Crippen molar-refractivity contribution >= 4 is 33.2 Å². The van der Waals surface area contributed by atoms with Crippen LogP contribution in [0, 0.1) is 6.92 Å². The van der Waals surface area contributed by atoms with Crippen molar-refractivity contribution in [1.29, 1.82) is 0 Å². The Balaban J connectivity index is 1.88. The number of anilines is 1. The van der Waals surface area contributed by atoms with Crippen molar-refractivity contribution in [3.8, 4) is 0 Å². The number of halogens is 1. The van der Waals surface area contributed by atoms with Crippen molar-refractivity contribution in [2.24, 2.45) is 0 Å². The Bertz CT molecular complexity index is 1000. The first kappa shape index (κ1) is 21.4. The van der Waals surface area contributed by atoms with Crippen LogP contribution in [0.4, 0.5) is 5.69 Å². The number of allylic oxidation sites excluding steroid dienone is 1. The number of rotatable bonds is 7. The third-order valence-corrected chi connectivity index (χ3v) is 7.21. The van der Waals surface area contributed by atoms with Gasteiger partial charge in [-0.25, -0.2) is 8.42 Å². The summed E-state index contributed by atoms with van der Waals surface area (Å²) in [5.41, 5.74) is 2.20. The maximum atomic E-state index is 13.3. The van der Waals surface area contributed by atoms with Gasteiger partial charge in [0.05, 0.1) is 10.6 Å². The van der Waals surface area contributed by atoms with E-state index in [-0.39, 0.29) is 17.3 Å². The van der Waals surface area contributed by atoms with Gasteiger partial charge in [0.15, 0.2) is 0 Å². The summed E-state index contributed by atoms with van der Waals surface area (Å²) in [4.78, 5) is 12.8. The van der Waals surface area contributed by atoms with E-state index in [9.17, 15) is 13.2 Å². The molecule has 1 N–H and O–H groups in total. The minimum absolute atomic E-state index is 0.127. The lowest BCUT2D eigenvalue weighted by Crippen LogP contribution is -2.41. The topological polar surface area (TPSA) is 66.5 Å². The Hall–Kier alpha value is -2.31. The molecule has 0 saturated heterocycles. The van der Waals surface area contributed by atoms with Crippen LogP contribution < -0.4 is 9.62 Å². The fraction of sp³-hybridized carbons (Fsp3) is 0.318. The Morgan fingerprint density at radius 1 is 1.10 bits per heavy atom. The van der Waals surface area contributed by atoms with Gasteiger partial charge in [-0.2, -0.15) is 0 Å². The zero-order valence-electron chi connectivity index (χ0n) is 16.4. The summed E-state index contributed by atoms with van der Waals surface area (Å²) in [5.74, 6) is -0.352. The number of carbonyl (C=O) groups excluding carboxylic acids is 1. The molecule has 0 aromatic heterocycles. The highest BCUT2D eigenvalue weighted by Gasteiger charge is 2.28. The van der Waals surface area contributed by atoms with Gasteiger partial charge < -0.3 is 5.32 Å². The highest BCUT2D eigenvalue weighted by Crippen LogP contribution is 2.30. The number of amides is 1. The molecule has 0 atom stereocenters. The molecule has 0 saturated carbocycles. The second-order valence-corrected chi connectivity index (χ2v) is 9.36. The van der Waals surface area contributed by atoms with Crippen LogP contribution in [0.15, 0.2) is 65.1 Å². The first-order valence-corrected chi connectivity index (χ1v) is 11.5. The van der Waals surface area contributed by atoms with Gasteiger partial charge in [-0.1, -0.05) is 47.5 Å². The van der Waals surface area contributed by atoms with Crippen LogP contribution >= 0.6 is 11.6 Å². The molecule has 7 heteroatoms. The first-order chi connectivity index (χ1) is 13.9. The molecule has 0 spiro atoms. The van der Waals surface area contributed by atoms with Crippen LogP contribution in [0.5, 0.6) is 0 Å². The van der Waals surface area contributed by atoms with E-state index in [1.165, 1.54) is 24.1 Å². The third-order valence-electron chi connectivity index (χ3n) is 5.02. The summed E-state index contributed by atoms with van der Waals surface area (Å²) in [6, 6.07) is 13.2. The van der Waals surface area contributed by atoms with Crippen molar-refractivity contribution in [1.82, 2.24) is 5.32 Å². The lowest BCUT2D eigenvalue weighted by Gasteiger charge is -2.26. The van der Waals surface area contributed by atoms with E-state index in [4.69, 9.17) is 11.6 Å². The van der Waals surface area contributed by atoms with E-state index in [2.05, 4.69) is 11.4 Å². The van der Waals surface area contributed by atoms with Gasteiger partial charge in [0.2, 0.25) is 5.91 Å². The number of benzene rings is 2. The monoisotopic (exact) mass is 432 g/mol. The molecule has 29 heavy (non-hydrogen) atoms. The maximum Gasteiger partial charge on any atom is 0.264 e. The Labute approximate surface area is 177 Å². The molecular weight excluding hydrogens is 408 g/mol. The van der Waals surface area contributed by atoms with Crippen LogP contribution in [-0.4, -0.2) is 27.4 Å². The van der Waals surface area contributed by atoms with E-state index in [1.807, 2.05) is 0 Å². The number of nitrogens with one attached hydrogen (secondary N) is 1. The largest absolute Gasteiger partial charge is 0.351 e. The average Bonchev–Trinajstić information content (AvgIpc) is 2.74. The molecule has 0 heterocycles. The number of nitrogens with zero attached hydrogens (tertiary/aromatic N) is 1. The molecular formula is C22H25ClN2O3S. The second kappa shape index (κ2) is 9.46. The molecule has 2 aromatic carbocycles. The second-order valence-electron chi connectivity index (χ2n) is 7.09. The van der Waals surface area contributed by atoms with E-state index in [1.54, 1.807) is 43.3 Å². The van der Waals surface area contributed by atoms with Gasteiger partial charge in [-0.15, -0.1) is 0 Å². The van der Waals surface area contributed by atoms with Crippen LogP contribution in [-0.2, 0) is 14.8 Å². The van der Waals surface area contributed by atoms with Gasteiger partial charge in [0.25, 0.3) is 10.0 Å². The molecule has 1 aliphatic rings. The fourth-order valence-electron chi connectivity index (χ4n) is 3.35. The molecule has 1 aliphatic carbocycles. The van der Waals surface area contributed by atoms with Crippen molar-refractivity contribution in [2.45, 2.75) is 37.5 Å². The molecule has 0 aliphatic heterocycles. The van der Waals surface area contributed by atoms with Gasteiger partial charge >= 0.3 is 0 Å². The normalized spacial score (nSPS) is 14.2. The third kappa shape index (κ3) is 5.19. The molecule has 154 valence electrons. The molecule has 2 aromatic rings. The van der Waals surface area contributed by atoms with E-state index in [0.717, 1.165) is 23.6 Å². The molecule has 0 bridgehead atoms. The number of sulfonamides is 1. The molecule has 0 unspecified atom stereocenters. The van der Waals surface area contributed by atoms with Gasteiger partial charge in [-0.05, 0) is 62.4 Å². The molecule has 0 fully saturated rings. The zero-order valence-corrected chi connectivity index (χ0v) is 18.0. The Kier molecular flexibility index (Phi) is 6.98. The number of hydrogen-bond donors (Lipinski definition) is 1. The first-order valence-electron chi connectivity index (χ1n) is 9.67. The minimum atomic E-state index is -3.93. The lowest BCUT2D eigenvalue weighted by molar-refractivity contribution is -0.119. The highest BCUT2D eigenvalue weighted by molar-refractivity contribution is 7.92. The predicted molar refractivity (Wildman–Crippen MR) is 117 cm³/mol. The van der Waals surface area contributed by atoms with Crippen LogP contribution in [0.25, 0.3) is 0 Å². The molecule has 5 nitrogen and oxygen atoms in total. The minimum Gasteiger partial charge on any atom is -0.351 e. The molecule has 1 amide bonds. The fourth-order valence-corrected chi connectivity index (χ4v) is 5.02. The average molecular weight is 433 g/mol. The summed E-state index contributed by atoms with van der Waals surface area (Å²) in [7, 11) is -3.93. The van der Waals surface area contributed by atoms with Crippen LogP contribution in [0.1, 0.15) is 31.2 Å². The SMILES string of the molecule is Cc1c(Cl)cccc1N(CC(=O)NCC1=CCCCC1)S(=O)(=O)c1ccccc1. The Morgan fingerprint density at radius 3 is 2.55 bits per heavy atom. The number of hydrogen-bond acceptors (Lipinski definition) is 3. The van der Waals surface area contributed by atoms with Crippen molar-refractivity contribution in [2.75, 3.05) is 17.4 Å². The highest BCUT2D eigenvalue weighted by atomic mass is 35.5. The summed E-state index contributed by atoms with van der Waals surface area (Å²) in [6.45, 7) is 1.88. The standard InChI is InChI=1S/C22H25ClN2O3S/c1-17-20(23)13-8-14-21(17)25(29(27,28)19-11-6-3-7-12-19)16-22(26)24-15-18-9-4-2-5-10-18/h3,6-9,11-14H,2,4-5,10,15-16H2,1H3,(H,24,26). The van der Waals surface area contributed by atoms with E-state index >= 15 is 0 Å². The smallest absolute Gasteiger partial charge is 0.264 e. The van der Waals surface area contributed by atoms with Crippen molar-refractivity contribution in [3.05, 3.63) is 70.8 Å². The zero-order chi connectivity index (χ0) is 20.9. The molecule has 3 rings (SSSR count). The summed E-state index contributed by atoms with van der Waals surface area (Å²) >= 11 is 6.22. The lowest BCUT2D eigenvalue weighted by atomic mass is 10.00. The van der Waals surface area contributed by atoms with Gasteiger partial charge in [0, 0.05) is 11.6 Å². The van der Waals surface area contributed by atoms with Crippen molar-refractivity contribution in [3.63, 3.8) is 0 Å². The number of carbonyl (C=O) groups is 1.